The van der Waals surface area contributed by atoms with Crippen LogP contribution >= 0.6 is 0 Å². The molecule has 3 N–H and O–H groups in total. The number of fused-ring (bicyclic) bond motifs is 3. The van der Waals surface area contributed by atoms with Crippen molar-refractivity contribution in [1.82, 2.24) is 10.6 Å². The average molecular weight is 474 g/mol. The van der Waals surface area contributed by atoms with Gasteiger partial charge in [0.25, 0.3) is 5.92 Å². The number of nitrogens with one attached hydrogen (secondary N) is 2. The third-order valence-electron chi connectivity index (χ3n) is 6.25. The second-order valence-electron chi connectivity index (χ2n) is 8.32. The summed E-state index contributed by atoms with van der Waals surface area (Å²) in [5.41, 5.74) is 4.20. The number of carbonyl (C=O) groups is 3. The number of carboxylic acids is 1. The molecule has 0 saturated heterocycles. The van der Waals surface area contributed by atoms with Gasteiger partial charge in [0.2, 0.25) is 5.91 Å². The summed E-state index contributed by atoms with van der Waals surface area (Å²) in [6.07, 6.45) is -0.862. The van der Waals surface area contributed by atoms with E-state index in [4.69, 9.17) is 14.6 Å². The summed E-state index contributed by atoms with van der Waals surface area (Å²) in [5, 5.41) is 13.5. The molecule has 1 unspecified atom stereocenters. The van der Waals surface area contributed by atoms with E-state index in [1.807, 2.05) is 48.5 Å². The third kappa shape index (κ3) is 4.45. The number of aliphatic carboxylic acids is 1. The predicted molar refractivity (Wildman–Crippen MR) is 116 cm³/mol. The Bertz CT molecular complexity index is 1060. The zero-order valence-electron chi connectivity index (χ0n) is 18.3. The minimum absolute atomic E-state index is 0.0375. The zero-order valence-corrected chi connectivity index (χ0v) is 18.3. The number of carbonyl (C=O) groups excluding carboxylic acids is 2. The van der Waals surface area contributed by atoms with Gasteiger partial charge < -0.3 is 25.2 Å². The Morgan fingerprint density at radius 1 is 1.06 bits per heavy atom. The van der Waals surface area contributed by atoms with E-state index in [-0.39, 0.29) is 19.1 Å². The van der Waals surface area contributed by atoms with Crippen LogP contribution in [0.5, 0.6) is 0 Å². The van der Waals surface area contributed by atoms with E-state index in [9.17, 15) is 23.2 Å². The molecule has 0 heterocycles. The molecule has 1 fully saturated rings. The van der Waals surface area contributed by atoms with Crippen LogP contribution < -0.4 is 10.6 Å². The van der Waals surface area contributed by atoms with Gasteiger partial charge in [-0.25, -0.2) is 13.6 Å². The fourth-order valence-corrected chi connectivity index (χ4v) is 4.45. The van der Waals surface area contributed by atoms with Crippen molar-refractivity contribution in [3.8, 4) is 11.1 Å². The predicted octanol–water partition coefficient (Wildman–Crippen LogP) is 2.62. The smallest absolute Gasteiger partial charge is 0.407 e. The molecule has 0 spiro atoms. The van der Waals surface area contributed by atoms with Crippen LogP contribution in [0.25, 0.3) is 11.1 Å². The van der Waals surface area contributed by atoms with Crippen LogP contribution in [0.4, 0.5) is 13.6 Å². The number of hydrogen-bond donors (Lipinski definition) is 3. The van der Waals surface area contributed by atoms with Crippen LogP contribution in [0.1, 0.15) is 17.0 Å². The SMILES string of the molecule is COCC(NC(=O)OCC1c2ccccc2-c2ccccc21)C(=O)NC[C@@H]1[C@H](C(=O)O)C1(F)F. The van der Waals surface area contributed by atoms with Crippen LogP contribution in [-0.2, 0) is 19.1 Å². The highest BCUT2D eigenvalue weighted by molar-refractivity contribution is 5.86. The maximum absolute atomic E-state index is 13.5. The lowest BCUT2D eigenvalue weighted by molar-refractivity contribution is -0.141. The van der Waals surface area contributed by atoms with Crippen LogP contribution in [-0.4, -0.2) is 61.9 Å². The lowest BCUT2D eigenvalue weighted by atomic mass is 9.98. The minimum atomic E-state index is -3.38. The maximum atomic E-state index is 13.5. The molecule has 2 aromatic rings. The molecule has 1 saturated carbocycles. The number of ether oxygens (including phenoxy) is 2. The van der Waals surface area contributed by atoms with Gasteiger partial charge in [0.1, 0.15) is 18.6 Å². The monoisotopic (exact) mass is 474 g/mol. The molecule has 2 amide bonds. The van der Waals surface area contributed by atoms with Crippen molar-refractivity contribution in [2.45, 2.75) is 17.9 Å². The van der Waals surface area contributed by atoms with E-state index >= 15 is 0 Å². The highest BCUT2D eigenvalue weighted by Crippen LogP contribution is 2.54. The highest BCUT2D eigenvalue weighted by Gasteiger charge is 2.72. The Hall–Kier alpha value is -3.53. The molecule has 34 heavy (non-hydrogen) atoms. The van der Waals surface area contributed by atoms with Gasteiger partial charge in [0.15, 0.2) is 0 Å². The Balaban J connectivity index is 1.34. The topological polar surface area (TPSA) is 114 Å². The molecule has 0 radical (unpaired) electrons. The molecular formula is C24H24F2N2O6. The number of rotatable bonds is 9. The first-order chi connectivity index (χ1) is 16.3. The van der Waals surface area contributed by atoms with Gasteiger partial charge in [0.05, 0.1) is 12.5 Å². The zero-order chi connectivity index (χ0) is 24.5. The summed E-state index contributed by atoms with van der Waals surface area (Å²) >= 11 is 0. The van der Waals surface area contributed by atoms with Crippen LogP contribution in [0.3, 0.4) is 0 Å². The number of alkyl halides is 2. The Morgan fingerprint density at radius 3 is 2.18 bits per heavy atom. The number of alkyl carbamates (subject to hydrolysis) is 1. The van der Waals surface area contributed by atoms with Crippen molar-refractivity contribution in [3.05, 3.63) is 59.7 Å². The van der Waals surface area contributed by atoms with E-state index < -0.39 is 48.3 Å². The lowest BCUT2D eigenvalue weighted by Gasteiger charge is -2.19. The summed E-state index contributed by atoms with van der Waals surface area (Å²) < 4.78 is 37.4. The van der Waals surface area contributed by atoms with Crippen LogP contribution in [0.2, 0.25) is 0 Å². The molecule has 10 heteroatoms. The fraction of sp³-hybridized carbons (Fsp3) is 0.375. The second kappa shape index (κ2) is 9.38. The molecule has 4 rings (SSSR count). The normalized spacial score (nSPS) is 20.6. The van der Waals surface area contributed by atoms with Gasteiger partial charge in [-0.05, 0) is 22.3 Å². The highest BCUT2D eigenvalue weighted by atomic mass is 19.3. The van der Waals surface area contributed by atoms with E-state index in [1.165, 1.54) is 7.11 Å². The quantitative estimate of drug-likeness (QED) is 0.515. The number of hydrogen-bond acceptors (Lipinski definition) is 5. The Kier molecular flexibility index (Phi) is 6.52. The number of benzene rings is 2. The summed E-state index contributed by atoms with van der Waals surface area (Å²) in [5.74, 6) is -9.26. The van der Waals surface area contributed by atoms with Crippen molar-refractivity contribution < 1.29 is 37.7 Å². The van der Waals surface area contributed by atoms with E-state index in [1.54, 1.807) is 0 Å². The Morgan fingerprint density at radius 2 is 1.65 bits per heavy atom. The van der Waals surface area contributed by atoms with Gasteiger partial charge in [-0.2, -0.15) is 0 Å². The average Bonchev–Trinajstić information content (AvgIpc) is 3.23. The molecule has 2 aliphatic carbocycles. The summed E-state index contributed by atoms with van der Waals surface area (Å²) in [6.45, 7) is -0.718. The lowest BCUT2D eigenvalue weighted by Crippen LogP contribution is -2.50. The van der Waals surface area contributed by atoms with E-state index in [2.05, 4.69) is 10.6 Å². The van der Waals surface area contributed by atoms with Gasteiger partial charge in [-0.3, -0.25) is 9.59 Å². The maximum Gasteiger partial charge on any atom is 0.407 e. The van der Waals surface area contributed by atoms with Gasteiger partial charge in [0, 0.05) is 19.6 Å². The van der Waals surface area contributed by atoms with Crippen molar-refractivity contribution in [2.75, 3.05) is 26.9 Å². The molecule has 0 bridgehead atoms. The third-order valence-corrected chi connectivity index (χ3v) is 6.25. The Labute approximate surface area is 194 Å². The van der Waals surface area contributed by atoms with Crippen molar-refractivity contribution in [3.63, 3.8) is 0 Å². The molecule has 8 nitrogen and oxygen atoms in total. The van der Waals surface area contributed by atoms with E-state index in [0.717, 1.165) is 22.3 Å². The number of halogens is 2. The first kappa shape index (κ1) is 23.6. The van der Waals surface area contributed by atoms with Crippen LogP contribution in [0, 0.1) is 11.8 Å². The number of carboxylic acid groups (broad SMARTS) is 1. The van der Waals surface area contributed by atoms with E-state index in [0.29, 0.717) is 0 Å². The molecule has 3 atom stereocenters. The fourth-order valence-electron chi connectivity index (χ4n) is 4.45. The molecule has 180 valence electrons. The summed E-state index contributed by atoms with van der Waals surface area (Å²) in [6, 6.07) is 14.5. The second-order valence-corrected chi connectivity index (χ2v) is 8.32. The molecular weight excluding hydrogens is 450 g/mol. The minimum Gasteiger partial charge on any atom is -0.481 e. The van der Waals surface area contributed by atoms with Crippen LogP contribution in [0.15, 0.2) is 48.5 Å². The van der Waals surface area contributed by atoms with Crippen molar-refractivity contribution >= 4 is 18.0 Å². The first-order valence-corrected chi connectivity index (χ1v) is 10.7. The van der Waals surface area contributed by atoms with Gasteiger partial charge in [-0.1, -0.05) is 48.5 Å². The summed E-state index contributed by atoms with van der Waals surface area (Å²) in [4.78, 5) is 35.7. The number of methoxy groups -OCH3 is 1. The standard InChI is InChI=1S/C24H24F2N2O6/c1-33-12-19(21(29)27-10-18-20(22(30)31)24(18,25)26)28-23(32)34-11-17-15-8-4-2-6-13(15)14-7-3-5-9-16(14)17/h2-9,17-20H,10-12H2,1H3,(H,27,29)(H,28,32)(H,30,31)/t18-,19?,20-/m1/s1. The molecule has 2 aliphatic rings. The van der Waals surface area contributed by atoms with Gasteiger partial charge >= 0.3 is 12.1 Å². The largest absolute Gasteiger partial charge is 0.481 e. The van der Waals surface area contributed by atoms with Gasteiger partial charge in [-0.15, -0.1) is 0 Å². The molecule has 0 aliphatic heterocycles. The first-order valence-electron chi connectivity index (χ1n) is 10.7. The number of amides is 2. The summed E-state index contributed by atoms with van der Waals surface area (Å²) in [7, 11) is 1.31. The van der Waals surface area contributed by atoms with Crippen molar-refractivity contribution in [2.24, 2.45) is 11.8 Å². The molecule has 0 aromatic heterocycles. The van der Waals surface area contributed by atoms with Crippen molar-refractivity contribution in [1.29, 1.82) is 0 Å². The molecule has 2 aromatic carbocycles.